The smallest absolute Gasteiger partial charge is 0.319 e. The van der Waals surface area contributed by atoms with Gasteiger partial charge in [-0.2, -0.15) is 0 Å². The van der Waals surface area contributed by atoms with E-state index in [0.29, 0.717) is 52.5 Å². The van der Waals surface area contributed by atoms with Gasteiger partial charge in [0, 0.05) is 20.1 Å². The number of ketones is 1. The molecule has 0 aromatic carbocycles. The van der Waals surface area contributed by atoms with Crippen molar-refractivity contribution >= 4 is 11.8 Å². The second-order valence-electron chi connectivity index (χ2n) is 4.49. The van der Waals surface area contributed by atoms with Gasteiger partial charge in [0.25, 0.3) is 0 Å². The fraction of sp³-hybridized carbons (Fsp3) is 0.846. The van der Waals surface area contributed by atoms with E-state index < -0.39 is 11.4 Å². The highest BCUT2D eigenvalue weighted by molar-refractivity contribution is 6.03. The normalized spacial score (nSPS) is 22.5. The van der Waals surface area contributed by atoms with Gasteiger partial charge < -0.3 is 18.9 Å². The molecule has 1 aliphatic heterocycles. The first kappa shape index (κ1) is 16.1. The number of ether oxygens (including phenoxy) is 4. The zero-order chi connectivity index (χ0) is 14.1. The fourth-order valence-electron chi connectivity index (χ4n) is 1.99. The lowest BCUT2D eigenvalue weighted by molar-refractivity contribution is -0.151. The molecule has 0 spiro atoms. The van der Waals surface area contributed by atoms with Gasteiger partial charge in [0.05, 0.1) is 33.0 Å². The average molecular weight is 274 g/mol. The van der Waals surface area contributed by atoms with Crippen LogP contribution in [0.1, 0.15) is 19.8 Å². The van der Waals surface area contributed by atoms with Crippen LogP contribution in [0.25, 0.3) is 0 Å². The Morgan fingerprint density at radius 3 is 2.37 bits per heavy atom. The van der Waals surface area contributed by atoms with Gasteiger partial charge >= 0.3 is 5.97 Å². The maximum absolute atomic E-state index is 11.6. The molecule has 1 saturated heterocycles. The predicted octanol–water partition coefficient (Wildman–Crippen LogP) is 0.578. The summed E-state index contributed by atoms with van der Waals surface area (Å²) in [6.07, 6.45) is 0.827. The number of cyclic esters (lactones) is 1. The van der Waals surface area contributed by atoms with Crippen LogP contribution in [-0.2, 0) is 28.5 Å². The molecule has 1 unspecified atom stereocenters. The number of esters is 1. The van der Waals surface area contributed by atoms with Crippen LogP contribution in [0, 0.1) is 5.41 Å². The molecule has 110 valence electrons. The van der Waals surface area contributed by atoms with E-state index in [1.54, 1.807) is 7.11 Å². The standard InChI is InChI=1S/C13H22O6/c1-11(14)13(4-6-19-12(13)15)3-5-17-9-10-18-8-7-16-2/h3-10H2,1-2H3. The van der Waals surface area contributed by atoms with Gasteiger partial charge in [-0.3, -0.25) is 9.59 Å². The third-order valence-electron chi connectivity index (χ3n) is 3.30. The Kier molecular flexibility index (Phi) is 6.97. The number of hydrogen-bond acceptors (Lipinski definition) is 6. The Labute approximate surface area is 113 Å². The number of methoxy groups -OCH3 is 1. The lowest BCUT2D eigenvalue weighted by Gasteiger charge is -2.20. The highest BCUT2D eigenvalue weighted by Gasteiger charge is 2.48. The Bertz CT molecular complexity index is 304. The average Bonchev–Trinajstić information content (AvgIpc) is 2.75. The Balaban J connectivity index is 2.17. The molecule has 0 aliphatic carbocycles. The molecule has 0 aromatic heterocycles. The van der Waals surface area contributed by atoms with Gasteiger partial charge in [-0.15, -0.1) is 0 Å². The van der Waals surface area contributed by atoms with Crippen molar-refractivity contribution in [2.75, 3.05) is 46.8 Å². The molecule has 0 N–H and O–H groups in total. The van der Waals surface area contributed by atoms with E-state index >= 15 is 0 Å². The molecule has 0 bridgehead atoms. The van der Waals surface area contributed by atoms with Crippen molar-refractivity contribution in [3.05, 3.63) is 0 Å². The minimum atomic E-state index is -0.989. The summed E-state index contributed by atoms with van der Waals surface area (Å²) in [5.74, 6) is -0.560. The van der Waals surface area contributed by atoms with Crippen molar-refractivity contribution in [1.29, 1.82) is 0 Å². The Morgan fingerprint density at radius 2 is 1.84 bits per heavy atom. The molecule has 6 nitrogen and oxygen atoms in total. The lowest BCUT2D eigenvalue weighted by atomic mass is 9.80. The number of Topliss-reactive ketones (excluding diaryl/α,β-unsaturated/α-hetero) is 1. The van der Waals surface area contributed by atoms with Crippen molar-refractivity contribution in [2.24, 2.45) is 5.41 Å². The van der Waals surface area contributed by atoms with Crippen LogP contribution in [-0.4, -0.2) is 58.5 Å². The summed E-state index contributed by atoms with van der Waals surface area (Å²) in [7, 11) is 1.61. The summed E-state index contributed by atoms with van der Waals surface area (Å²) in [4.78, 5) is 23.3. The first-order chi connectivity index (χ1) is 9.13. The molecule has 19 heavy (non-hydrogen) atoms. The van der Waals surface area contributed by atoms with Gasteiger partial charge in [0.1, 0.15) is 11.2 Å². The van der Waals surface area contributed by atoms with E-state index in [0.717, 1.165) is 0 Å². The molecule has 0 aromatic rings. The lowest BCUT2D eigenvalue weighted by Crippen LogP contribution is -2.35. The third kappa shape index (κ3) is 4.56. The van der Waals surface area contributed by atoms with Gasteiger partial charge in [0.15, 0.2) is 0 Å². The van der Waals surface area contributed by atoms with Crippen LogP contribution >= 0.6 is 0 Å². The molecule has 0 amide bonds. The summed E-state index contributed by atoms with van der Waals surface area (Å²) in [5.41, 5.74) is -0.989. The summed E-state index contributed by atoms with van der Waals surface area (Å²) >= 11 is 0. The maximum Gasteiger partial charge on any atom is 0.319 e. The molecule has 1 rings (SSSR count). The molecular formula is C13H22O6. The minimum Gasteiger partial charge on any atom is -0.465 e. The van der Waals surface area contributed by atoms with Crippen molar-refractivity contribution in [3.8, 4) is 0 Å². The second-order valence-corrected chi connectivity index (χ2v) is 4.49. The van der Waals surface area contributed by atoms with Gasteiger partial charge in [0.2, 0.25) is 0 Å². The van der Waals surface area contributed by atoms with E-state index in [1.807, 2.05) is 0 Å². The first-order valence-corrected chi connectivity index (χ1v) is 6.46. The monoisotopic (exact) mass is 274 g/mol. The van der Waals surface area contributed by atoms with E-state index in [1.165, 1.54) is 6.92 Å². The number of rotatable bonds is 10. The number of carbonyl (C=O) groups is 2. The second kappa shape index (κ2) is 8.24. The topological polar surface area (TPSA) is 71.1 Å². The summed E-state index contributed by atoms with van der Waals surface area (Å²) < 4.78 is 20.3. The zero-order valence-electron chi connectivity index (χ0n) is 11.6. The van der Waals surface area contributed by atoms with Gasteiger partial charge in [-0.05, 0) is 13.3 Å². The van der Waals surface area contributed by atoms with E-state index in [4.69, 9.17) is 18.9 Å². The van der Waals surface area contributed by atoms with Crippen molar-refractivity contribution in [2.45, 2.75) is 19.8 Å². The molecule has 1 heterocycles. The fourth-order valence-corrected chi connectivity index (χ4v) is 1.99. The first-order valence-electron chi connectivity index (χ1n) is 6.46. The van der Waals surface area contributed by atoms with Crippen LogP contribution in [0.5, 0.6) is 0 Å². The van der Waals surface area contributed by atoms with E-state index in [9.17, 15) is 9.59 Å². The van der Waals surface area contributed by atoms with Crippen molar-refractivity contribution in [1.82, 2.24) is 0 Å². The largest absolute Gasteiger partial charge is 0.465 e. The number of carbonyl (C=O) groups excluding carboxylic acids is 2. The molecule has 1 fully saturated rings. The van der Waals surface area contributed by atoms with Crippen LogP contribution in [0.2, 0.25) is 0 Å². The summed E-state index contributed by atoms with van der Waals surface area (Å²) in [6, 6.07) is 0. The molecule has 1 aliphatic rings. The minimum absolute atomic E-state index is 0.144. The molecule has 0 saturated carbocycles. The third-order valence-corrected chi connectivity index (χ3v) is 3.30. The summed E-state index contributed by atoms with van der Waals surface area (Å²) in [5, 5.41) is 0. The van der Waals surface area contributed by atoms with Crippen LogP contribution in [0.3, 0.4) is 0 Å². The molecular weight excluding hydrogens is 252 g/mol. The van der Waals surface area contributed by atoms with E-state index in [-0.39, 0.29) is 5.78 Å². The quantitative estimate of drug-likeness (QED) is 0.330. The number of hydrogen-bond donors (Lipinski definition) is 0. The van der Waals surface area contributed by atoms with Crippen molar-refractivity contribution in [3.63, 3.8) is 0 Å². The Morgan fingerprint density at radius 1 is 1.21 bits per heavy atom. The maximum atomic E-state index is 11.6. The predicted molar refractivity (Wildman–Crippen MR) is 66.8 cm³/mol. The van der Waals surface area contributed by atoms with Gasteiger partial charge in [-0.25, -0.2) is 0 Å². The Hall–Kier alpha value is -0.980. The molecule has 0 radical (unpaired) electrons. The molecule has 6 heteroatoms. The van der Waals surface area contributed by atoms with Gasteiger partial charge in [-0.1, -0.05) is 0 Å². The van der Waals surface area contributed by atoms with E-state index in [2.05, 4.69) is 0 Å². The summed E-state index contributed by atoms with van der Waals surface area (Å²) in [6.45, 7) is 4.10. The highest BCUT2D eigenvalue weighted by Crippen LogP contribution is 2.34. The van der Waals surface area contributed by atoms with Crippen LogP contribution in [0.4, 0.5) is 0 Å². The van der Waals surface area contributed by atoms with Crippen LogP contribution in [0.15, 0.2) is 0 Å². The SMILES string of the molecule is COCCOCCOCCC1(C(C)=O)CCOC1=O. The molecule has 1 atom stereocenters. The highest BCUT2D eigenvalue weighted by atomic mass is 16.5. The van der Waals surface area contributed by atoms with Crippen molar-refractivity contribution < 1.29 is 28.5 Å². The van der Waals surface area contributed by atoms with Crippen LogP contribution < -0.4 is 0 Å². The zero-order valence-corrected chi connectivity index (χ0v) is 11.6.